The molecule has 1 aromatic heterocycles. The normalized spacial score (nSPS) is 24.9. The lowest BCUT2D eigenvalue weighted by atomic mass is 9.85. The Kier molecular flexibility index (Phi) is 3.93. The first-order chi connectivity index (χ1) is 8.58. The van der Waals surface area contributed by atoms with Crippen molar-refractivity contribution in [1.29, 1.82) is 0 Å². The SMILES string of the molecule is O=C(O)C1CCN(Cc2cscn2)CC1C(=O)O. The van der Waals surface area contributed by atoms with E-state index in [1.165, 1.54) is 11.3 Å². The molecule has 18 heavy (non-hydrogen) atoms. The lowest BCUT2D eigenvalue weighted by molar-refractivity contribution is -0.157. The second-order valence-electron chi connectivity index (χ2n) is 4.39. The van der Waals surface area contributed by atoms with E-state index in [1.54, 1.807) is 5.51 Å². The minimum absolute atomic E-state index is 0.268. The maximum Gasteiger partial charge on any atom is 0.308 e. The summed E-state index contributed by atoms with van der Waals surface area (Å²) in [6.45, 7) is 1.45. The summed E-state index contributed by atoms with van der Waals surface area (Å²) in [5.74, 6) is -3.68. The third-order valence-corrected chi connectivity index (χ3v) is 3.84. The average molecular weight is 270 g/mol. The highest BCUT2D eigenvalue weighted by Crippen LogP contribution is 2.25. The van der Waals surface area contributed by atoms with Crippen LogP contribution >= 0.6 is 11.3 Å². The number of rotatable bonds is 4. The summed E-state index contributed by atoms with van der Waals surface area (Å²) in [6, 6.07) is 0. The molecule has 1 saturated heterocycles. The van der Waals surface area contributed by atoms with Gasteiger partial charge in [0.15, 0.2) is 0 Å². The van der Waals surface area contributed by atoms with Gasteiger partial charge in [0.2, 0.25) is 0 Å². The molecular formula is C11H14N2O4S. The number of thiazole rings is 1. The van der Waals surface area contributed by atoms with Crippen LogP contribution < -0.4 is 0 Å². The van der Waals surface area contributed by atoms with E-state index in [0.717, 1.165) is 5.69 Å². The number of carboxylic acids is 2. The number of carbonyl (C=O) groups is 2. The lowest BCUT2D eigenvalue weighted by Crippen LogP contribution is -2.46. The fraction of sp³-hybridized carbons (Fsp3) is 0.545. The van der Waals surface area contributed by atoms with E-state index in [-0.39, 0.29) is 6.54 Å². The molecule has 0 aliphatic carbocycles. The van der Waals surface area contributed by atoms with Gasteiger partial charge in [-0.1, -0.05) is 0 Å². The van der Waals surface area contributed by atoms with Crippen LogP contribution in [-0.4, -0.2) is 45.1 Å². The highest BCUT2D eigenvalue weighted by Gasteiger charge is 2.38. The molecule has 2 unspecified atom stereocenters. The van der Waals surface area contributed by atoms with Gasteiger partial charge >= 0.3 is 11.9 Å². The fourth-order valence-electron chi connectivity index (χ4n) is 2.25. The summed E-state index contributed by atoms with van der Waals surface area (Å²) < 4.78 is 0. The van der Waals surface area contributed by atoms with Crippen molar-refractivity contribution in [3.63, 3.8) is 0 Å². The van der Waals surface area contributed by atoms with Gasteiger partial charge < -0.3 is 10.2 Å². The molecule has 1 aliphatic heterocycles. The van der Waals surface area contributed by atoms with Crippen molar-refractivity contribution >= 4 is 23.3 Å². The summed E-state index contributed by atoms with van der Waals surface area (Å²) >= 11 is 1.49. The van der Waals surface area contributed by atoms with Crippen LogP contribution in [-0.2, 0) is 16.1 Å². The third-order valence-electron chi connectivity index (χ3n) is 3.20. The lowest BCUT2D eigenvalue weighted by Gasteiger charge is -2.34. The molecule has 2 N–H and O–H groups in total. The zero-order valence-corrected chi connectivity index (χ0v) is 10.5. The Labute approximate surface area is 108 Å². The largest absolute Gasteiger partial charge is 0.481 e. The predicted molar refractivity (Wildman–Crippen MR) is 64.3 cm³/mol. The van der Waals surface area contributed by atoms with Crippen LogP contribution in [0.4, 0.5) is 0 Å². The number of nitrogens with zero attached hydrogens (tertiary/aromatic N) is 2. The molecule has 0 saturated carbocycles. The average Bonchev–Trinajstić information content (AvgIpc) is 2.81. The van der Waals surface area contributed by atoms with Crippen LogP contribution in [0.5, 0.6) is 0 Å². The highest BCUT2D eigenvalue weighted by atomic mass is 32.1. The number of aliphatic carboxylic acids is 2. The Bertz CT molecular complexity index is 434. The van der Waals surface area contributed by atoms with Gasteiger partial charge in [-0.25, -0.2) is 4.98 Å². The molecule has 98 valence electrons. The van der Waals surface area contributed by atoms with Crippen LogP contribution in [0.25, 0.3) is 0 Å². The Morgan fingerprint density at radius 3 is 2.67 bits per heavy atom. The van der Waals surface area contributed by atoms with E-state index < -0.39 is 23.8 Å². The van der Waals surface area contributed by atoms with Crippen molar-refractivity contribution < 1.29 is 19.8 Å². The highest BCUT2D eigenvalue weighted by molar-refractivity contribution is 7.07. The fourth-order valence-corrected chi connectivity index (χ4v) is 2.80. The van der Waals surface area contributed by atoms with Crippen molar-refractivity contribution in [2.75, 3.05) is 13.1 Å². The van der Waals surface area contributed by atoms with E-state index in [4.69, 9.17) is 10.2 Å². The minimum Gasteiger partial charge on any atom is -0.481 e. The molecular weight excluding hydrogens is 256 g/mol. The molecule has 6 nitrogen and oxygen atoms in total. The first kappa shape index (κ1) is 13.0. The van der Waals surface area contributed by atoms with Gasteiger partial charge in [-0.15, -0.1) is 11.3 Å². The smallest absolute Gasteiger partial charge is 0.308 e. The molecule has 0 aromatic carbocycles. The summed E-state index contributed by atoms with van der Waals surface area (Å²) in [7, 11) is 0. The first-order valence-corrected chi connectivity index (χ1v) is 6.57. The van der Waals surface area contributed by atoms with E-state index in [9.17, 15) is 9.59 Å². The van der Waals surface area contributed by atoms with Gasteiger partial charge in [0.1, 0.15) is 0 Å². The van der Waals surface area contributed by atoms with Crippen molar-refractivity contribution in [3.8, 4) is 0 Å². The predicted octanol–water partition coefficient (Wildman–Crippen LogP) is 0.750. The molecule has 2 rings (SSSR count). The maximum atomic E-state index is 11.1. The molecule has 7 heteroatoms. The van der Waals surface area contributed by atoms with Crippen molar-refractivity contribution in [2.24, 2.45) is 11.8 Å². The van der Waals surface area contributed by atoms with Gasteiger partial charge in [-0.3, -0.25) is 14.5 Å². The Balaban J connectivity index is 2.02. The zero-order valence-electron chi connectivity index (χ0n) is 9.65. The van der Waals surface area contributed by atoms with Gasteiger partial charge in [-0.2, -0.15) is 0 Å². The molecule has 1 aromatic rings. The van der Waals surface area contributed by atoms with Gasteiger partial charge in [0.25, 0.3) is 0 Å². The Morgan fingerprint density at radius 1 is 1.39 bits per heavy atom. The monoisotopic (exact) mass is 270 g/mol. The van der Waals surface area contributed by atoms with Crippen molar-refractivity contribution in [3.05, 3.63) is 16.6 Å². The minimum atomic E-state index is -1.04. The van der Waals surface area contributed by atoms with Crippen LogP contribution in [0, 0.1) is 11.8 Å². The van der Waals surface area contributed by atoms with Crippen molar-refractivity contribution in [2.45, 2.75) is 13.0 Å². The number of hydrogen-bond donors (Lipinski definition) is 2. The molecule has 2 atom stereocenters. The summed E-state index contributed by atoms with van der Waals surface area (Å²) in [5, 5.41) is 20.0. The van der Waals surface area contributed by atoms with Crippen LogP contribution in [0.15, 0.2) is 10.9 Å². The van der Waals surface area contributed by atoms with E-state index in [2.05, 4.69) is 4.98 Å². The zero-order chi connectivity index (χ0) is 13.1. The van der Waals surface area contributed by atoms with Crippen LogP contribution in [0.3, 0.4) is 0 Å². The number of aromatic nitrogens is 1. The standard InChI is InChI=1S/C11H14N2O4S/c14-10(15)8-1-2-13(4-9(8)11(16)17)3-7-5-18-6-12-7/h5-6,8-9H,1-4H2,(H,14,15)(H,16,17). The number of carboxylic acid groups (broad SMARTS) is 2. The van der Waals surface area contributed by atoms with Crippen LogP contribution in [0.2, 0.25) is 0 Å². The Hall–Kier alpha value is -1.47. The van der Waals surface area contributed by atoms with E-state index in [0.29, 0.717) is 19.5 Å². The molecule has 0 radical (unpaired) electrons. The quantitative estimate of drug-likeness (QED) is 0.839. The number of piperidine rings is 1. The topological polar surface area (TPSA) is 90.7 Å². The first-order valence-electron chi connectivity index (χ1n) is 5.63. The number of likely N-dealkylation sites (tertiary alicyclic amines) is 1. The third kappa shape index (κ3) is 2.85. The summed E-state index contributed by atoms with van der Waals surface area (Å²) in [5.41, 5.74) is 2.63. The number of hydrogen-bond acceptors (Lipinski definition) is 5. The molecule has 0 bridgehead atoms. The molecule has 2 heterocycles. The second kappa shape index (κ2) is 5.45. The molecule has 0 spiro atoms. The molecule has 1 fully saturated rings. The second-order valence-corrected chi connectivity index (χ2v) is 5.11. The van der Waals surface area contributed by atoms with E-state index >= 15 is 0 Å². The van der Waals surface area contributed by atoms with Crippen LogP contribution in [0.1, 0.15) is 12.1 Å². The summed E-state index contributed by atoms with van der Waals surface area (Å²) in [6.07, 6.45) is 0.371. The summed E-state index contributed by atoms with van der Waals surface area (Å²) in [4.78, 5) is 28.2. The molecule has 1 aliphatic rings. The van der Waals surface area contributed by atoms with Gasteiger partial charge in [0.05, 0.1) is 23.0 Å². The van der Waals surface area contributed by atoms with Gasteiger partial charge in [0, 0.05) is 18.5 Å². The maximum absolute atomic E-state index is 11.1. The Morgan fingerprint density at radius 2 is 2.11 bits per heavy atom. The van der Waals surface area contributed by atoms with Gasteiger partial charge in [-0.05, 0) is 13.0 Å². The van der Waals surface area contributed by atoms with E-state index in [1.807, 2.05) is 10.3 Å². The van der Waals surface area contributed by atoms with Crippen molar-refractivity contribution in [1.82, 2.24) is 9.88 Å². The molecule has 0 amide bonds.